The lowest BCUT2D eigenvalue weighted by molar-refractivity contribution is -0.124. The van der Waals surface area contributed by atoms with Crippen LogP contribution in [0, 0.1) is 0 Å². The molecule has 1 unspecified atom stereocenters. The summed E-state index contributed by atoms with van der Waals surface area (Å²) in [5.74, 6) is -0.417. The van der Waals surface area contributed by atoms with E-state index in [1.54, 1.807) is 14.0 Å². The highest BCUT2D eigenvalue weighted by Gasteiger charge is 2.23. The Balaban J connectivity index is 1.68. The number of nitrogens with one attached hydrogen (secondary N) is 1. The van der Waals surface area contributed by atoms with Gasteiger partial charge in [0.2, 0.25) is 0 Å². The Labute approximate surface area is 176 Å². The molecule has 0 radical (unpaired) electrons. The molecule has 1 atom stereocenters. The number of hydrogen-bond donors (Lipinski definition) is 1. The lowest BCUT2D eigenvalue weighted by Crippen LogP contribution is -2.32. The number of ether oxygens (including phenoxy) is 2. The van der Waals surface area contributed by atoms with Crippen LogP contribution in [0.15, 0.2) is 48.0 Å². The number of pyridine rings is 1. The van der Waals surface area contributed by atoms with E-state index in [4.69, 9.17) is 21.1 Å². The zero-order valence-electron chi connectivity index (χ0n) is 15.7. The molecule has 9 heteroatoms. The molecule has 7 nitrogen and oxygen atoms in total. The van der Waals surface area contributed by atoms with Gasteiger partial charge in [-0.15, -0.1) is 11.3 Å². The zero-order chi connectivity index (χ0) is 20.8. The minimum Gasteiger partial charge on any atom is -0.496 e. The van der Waals surface area contributed by atoms with Gasteiger partial charge in [-0.3, -0.25) is 10.1 Å². The number of anilines is 1. The van der Waals surface area contributed by atoms with Gasteiger partial charge >= 0.3 is 5.97 Å². The first kappa shape index (κ1) is 20.8. The molecule has 150 valence electrons. The minimum absolute atomic E-state index is 0.170. The highest BCUT2D eigenvalue weighted by atomic mass is 35.5. The predicted octanol–water partition coefficient (Wildman–Crippen LogP) is 4.44. The van der Waals surface area contributed by atoms with Gasteiger partial charge in [0.1, 0.15) is 10.9 Å². The van der Waals surface area contributed by atoms with E-state index in [2.05, 4.69) is 15.3 Å². The third-order valence-electron chi connectivity index (χ3n) is 3.99. The van der Waals surface area contributed by atoms with Gasteiger partial charge in [0.15, 0.2) is 11.2 Å². The quantitative estimate of drug-likeness (QED) is 0.439. The summed E-state index contributed by atoms with van der Waals surface area (Å²) in [6.07, 6.45) is 0.740. The Kier molecular flexibility index (Phi) is 6.79. The number of para-hydroxylation sites is 1. The molecule has 0 saturated heterocycles. The van der Waals surface area contributed by atoms with E-state index in [-0.39, 0.29) is 10.7 Å². The average Bonchev–Trinajstić information content (AvgIpc) is 3.19. The molecule has 3 rings (SSSR count). The second kappa shape index (κ2) is 9.49. The number of hydrogen-bond acceptors (Lipinski definition) is 7. The van der Waals surface area contributed by atoms with E-state index in [1.807, 2.05) is 29.6 Å². The lowest BCUT2D eigenvalue weighted by atomic mass is 10.1. The summed E-state index contributed by atoms with van der Waals surface area (Å²) in [6, 6.07) is 10.3. The van der Waals surface area contributed by atoms with Crippen LogP contribution in [0.5, 0.6) is 5.75 Å². The predicted molar refractivity (Wildman–Crippen MR) is 111 cm³/mol. The van der Waals surface area contributed by atoms with Crippen molar-refractivity contribution in [1.29, 1.82) is 0 Å². The molecule has 0 aliphatic carbocycles. The van der Waals surface area contributed by atoms with Gasteiger partial charge < -0.3 is 9.47 Å². The van der Waals surface area contributed by atoms with E-state index < -0.39 is 18.0 Å². The molecule has 1 aromatic carbocycles. The molecule has 0 fully saturated rings. The lowest BCUT2D eigenvalue weighted by Gasteiger charge is -2.15. The fraction of sp³-hybridized carbons (Fsp3) is 0.200. The van der Waals surface area contributed by atoms with Crippen LogP contribution in [0.25, 0.3) is 11.3 Å². The molecule has 0 bridgehead atoms. The normalized spacial score (nSPS) is 11.6. The summed E-state index contributed by atoms with van der Waals surface area (Å²) >= 11 is 7.06. The molecule has 1 amide bonds. The molecule has 2 aromatic heterocycles. The number of benzene rings is 1. The first-order valence-electron chi connectivity index (χ1n) is 8.74. The van der Waals surface area contributed by atoms with Crippen molar-refractivity contribution in [3.8, 4) is 17.0 Å². The van der Waals surface area contributed by atoms with Crippen LogP contribution in [-0.4, -0.2) is 35.1 Å². The second-order valence-corrected chi connectivity index (χ2v) is 7.14. The molecular formula is C20H18ClN3O4S. The van der Waals surface area contributed by atoms with Crippen LogP contribution in [0.3, 0.4) is 0 Å². The summed E-state index contributed by atoms with van der Waals surface area (Å²) in [7, 11) is 1.59. The molecule has 29 heavy (non-hydrogen) atoms. The Morgan fingerprint density at radius 1 is 1.28 bits per heavy atom. The van der Waals surface area contributed by atoms with Crippen molar-refractivity contribution in [2.75, 3.05) is 12.4 Å². The Morgan fingerprint density at radius 3 is 2.79 bits per heavy atom. The summed E-state index contributed by atoms with van der Waals surface area (Å²) < 4.78 is 10.7. The first-order valence-corrected chi connectivity index (χ1v) is 10.00. The zero-order valence-corrected chi connectivity index (χ0v) is 17.3. The van der Waals surface area contributed by atoms with Gasteiger partial charge in [0.25, 0.3) is 5.91 Å². The van der Waals surface area contributed by atoms with Crippen molar-refractivity contribution in [2.45, 2.75) is 19.4 Å². The molecule has 0 aliphatic heterocycles. The van der Waals surface area contributed by atoms with E-state index in [1.165, 1.54) is 29.7 Å². The topological polar surface area (TPSA) is 90.4 Å². The maximum Gasteiger partial charge on any atom is 0.339 e. The summed E-state index contributed by atoms with van der Waals surface area (Å²) in [4.78, 5) is 33.1. The molecule has 2 heterocycles. The van der Waals surface area contributed by atoms with Crippen molar-refractivity contribution in [3.63, 3.8) is 0 Å². The van der Waals surface area contributed by atoms with Crippen LogP contribution < -0.4 is 10.1 Å². The molecule has 0 aliphatic rings. The number of nitrogens with zero attached hydrogens (tertiary/aromatic N) is 2. The van der Waals surface area contributed by atoms with Crippen LogP contribution in [0.4, 0.5) is 5.13 Å². The van der Waals surface area contributed by atoms with Crippen LogP contribution >= 0.6 is 22.9 Å². The van der Waals surface area contributed by atoms with Crippen molar-refractivity contribution in [2.24, 2.45) is 0 Å². The fourth-order valence-electron chi connectivity index (χ4n) is 2.55. The third-order valence-corrected chi connectivity index (χ3v) is 4.96. The van der Waals surface area contributed by atoms with Gasteiger partial charge in [0, 0.05) is 17.1 Å². The standard InChI is InChI=1S/C20H18ClN3O4S/c1-3-15(28-19(26)12-8-9-22-17(21)10-12)18(25)24-20-23-14(11-29-20)13-6-4-5-7-16(13)27-2/h4-11,15H,3H2,1-2H3,(H,23,24,25). The van der Waals surface area contributed by atoms with Crippen LogP contribution in [0.2, 0.25) is 5.15 Å². The highest BCUT2D eigenvalue weighted by Crippen LogP contribution is 2.32. The van der Waals surface area contributed by atoms with Gasteiger partial charge in [-0.2, -0.15) is 0 Å². The third kappa shape index (κ3) is 5.10. The Bertz CT molecular complexity index is 1020. The van der Waals surface area contributed by atoms with E-state index in [9.17, 15) is 9.59 Å². The van der Waals surface area contributed by atoms with E-state index in [0.29, 0.717) is 23.0 Å². The number of carbonyl (C=O) groups is 2. The first-order chi connectivity index (χ1) is 14.0. The number of rotatable bonds is 7. The van der Waals surface area contributed by atoms with Crippen molar-refractivity contribution >= 4 is 39.9 Å². The molecule has 3 aromatic rings. The number of amides is 1. The highest BCUT2D eigenvalue weighted by molar-refractivity contribution is 7.14. The molecule has 0 saturated carbocycles. The molecule has 1 N–H and O–H groups in total. The maximum absolute atomic E-state index is 12.6. The smallest absolute Gasteiger partial charge is 0.339 e. The second-order valence-electron chi connectivity index (χ2n) is 5.90. The Hall–Kier alpha value is -2.97. The van der Waals surface area contributed by atoms with Gasteiger partial charge in [-0.25, -0.2) is 14.8 Å². The monoisotopic (exact) mass is 431 g/mol. The molecule has 0 spiro atoms. The summed E-state index contributed by atoms with van der Waals surface area (Å²) in [5.41, 5.74) is 1.72. The van der Waals surface area contributed by atoms with Crippen molar-refractivity contribution < 1.29 is 19.1 Å². The fourth-order valence-corrected chi connectivity index (χ4v) is 3.43. The number of halogens is 1. The maximum atomic E-state index is 12.6. The Morgan fingerprint density at radius 2 is 2.07 bits per heavy atom. The number of methoxy groups -OCH3 is 1. The van der Waals surface area contributed by atoms with Gasteiger partial charge in [-0.05, 0) is 30.7 Å². The van der Waals surface area contributed by atoms with Crippen molar-refractivity contribution in [3.05, 3.63) is 58.7 Å². The average molecular weight is 432 g/mol. The van der Waals surface area contributed by atoms with E-state index in [0.717, 1.165) is 5.56 Å². The number of thiazole rings is 1. The van der Waals surface area contributed by atoms with Crippen LogP contribution in [0.1, 0.15) is 23.7 Å². The van der Waals surface area contributed by atoms with Crippen molar-refractivity contribution in [1.82, 2.24) is 9.97 Å². The van der Waals surface area contributed by atoms with Gasteiger partial charge in [-0.1, -0.05) is 30.7 Å². The minimum atomic E-state index is -0.965. The number of esters is 1. The van der Waals surface area contributed by atoms with E-state index >= 15 is 0 Å². The largest absolute Gasteiger partial charge is 0.496 e. The number of aromatic nitrogens is 2. The van der Waals surface area contributed by atoms with Gasteiger partial charge in [0.05, 0.1) is 18.4 Å². The van der Waals surface area contributed by atoms with Crippen LogP contribution in [-0.2, 0) is 9.53 Å². The summed E-state index contributed by atoms with van der Waals surface area (Å²) in [5, 5.41) is 5.09. The molecular weight excluding hydrogens is 414 g/mol. The SMILES string of the molecule is CCC(OC(=O)c1ccnc(Cl)c1)C(=O)Nc1nc(-c2ccccc2OC)cs1. The summed E-state index contributed by atoms with van der Waals surface area (Å²) in [6.45, 7) is 1.75. The number of carbonyl (C=O) groups excluding carboxylic acids is 2.